The second-order valence-electron chi connectivity index (χ2n) is 5.09. The maximum absolute atomic E-state index is 13.6. The molecule has 0 bridgehead atoms. The van der Waals surface area contributed by atoms with E-state index in [0.717, 1.165) is 12.1 Å². The van der Waals surface area contributed by atoms with Gasteiger partial charge in [-0.15, -0.1) is 5.10 Å². The molecule has 26 heavy (non-hydrogen) atoms. The fourth-order valence-electron chi connectivity index (χ4n) is 2.07. The summed E-state index contributed by atoms with van der Waals surface area (Å²) < 4.78 is 52.4. The van der Waals surface area contributed by atoms with E-state index in [0.29, 0.717) is 0 Å². The van der Waals surface area contributed by atoms with E-state index in [9.17, 15) is 17.6 Å². The van der Waals surface area contributed by atoms with Gasteiger partial charge in [0.1, 0.15) is 5.82 Å². The van der Waals surface area contributed by atoms with Crippen molar-refractivity contribution >= 4 is 34.7 Å². The number of hydrogen-bond donors (Lipinski definition) is 2. The van der Waals surface area contributed by atoms with E-state index in [4.69, 9.17) is 11.6 Å². The van der Waals surface area contributed by atoms with Crippen LogP contribution in [-0.2, 0) is 6.18 Å². The predicted octanol–water partition coefficient (Wildman–Crippen LogP) is 5.17. The second-order valence-corrected chi connectivity index (χ2v) is 5.49. The molecule has 2 aromatic carbocycles. The minimum Gasteiger partial charge on any atom is -0.339 e. The Bertz CT molecular complexity index is 933. The molecule has 5 nitrogen and oxygen atoms in total. The lowest BCUT2D eigenvalue weighted by Gasteiger charge is -2.12. The normalized spacial score (nSPS) is 11.3. The lowest BCUT2D eigenvalue weighted by atomic mass is 10.2. The summed E-state index contributed by atoms with van der Waals surface area (Å²) in [6.07, 6.45) is -3.37. The first kappa shape index (κ1) is 17.9. The zero-order valence-electron chi connectivity index (χ0n) is 12.9. The summed E-state index contributed by atoms with van der Waals surface area (Å²) >= 11 is 5.58. The second kappa shape index (κ2) is 7.12. The number of alkyl halides is 3. The van der Waals surface area contributed by atoms with Crippen molar-refractivity contribution in [3.05, 3.63) is 65.1 Å². The zero-order valence-corrected chi connectivity index (χ0v) is 13.6. The lowest BCUT2D eigenvalue weighted by Crippen LogP contribution is -2.07. The predicted molar refractivity (Wildman–Crippen MR) is 89.2 cm³/mol. The highest BCUT2D eigenvalue weighted by atomic mass is 35.5. The Kier molecular flexibility index (Phi) is 4.90. The van der Waals surface area contributed by atoms with Crippen molar-refractivity contribution < 1.29 is 17.6 Å². The van der Waals surface area contributed by atoms with Crippen LogP contribution in [0.3, 0.4) is 0 Å². The van der Waals surface area contributed by atoms with Crippen LogP contribution in [0.1, 0.15) is 5.56 Å². The first-order chi connectivity index (χ1) is 12.3. The minimum atomic E-state index is -4.59. The van der Waals surface area contributed by atoms with E-state index in [1.165, 1.54) is 30.5 Å². The summed E-state index contributed by atoms with van der Waals surface area (Å²) in [7, 11) is 0. The van der Waals surface area contributed by atoms with Crippen LogP contribution in [0.4, 0.5) is 40.7 Å². The molecule has 3 rings (SSSR count). The molecule has 10 heteroatoms. The first-order valence-corrected chi connectivity index (χ1v) is 7.56. The van der Waals surface area contributed by atoms with Crippen LogP contribution in [0.15, 0.2) is 48.7 Å². The average molecular weight is 384 g/mol. The van der Waals surface area contributed by atoms with Crippen LogP contribution in [-0.4, -0.2) is 15.2 Å². The summed E-state index contributed by atoms with van der Waals surface area (Å²) in [5, 5.41) is 12.3. The number of benzene rings is 2. The summed E-state index contributed by atoms with van der Waals surface area (Å²) in [5.74, 6) is -0.415. The molecule has 2 N–H and O–H groups in total. The van der Waals surface area contributed by atoms with Crippen molar-refractivity contribution in [1.29, 1.82) is 0 Å². The Morgan fingerprint density at radius 2 is 1.77 bits per heavy atom. The molecule has 0 saturated carbocycles. The number of nitrogens with one attached hydrogen (secondary N) is 2. The van der Waals surface area contributed by atoms with Crippen molar-refractivity contribution in [2.45, 2.75) is 6.18 Å². The molecule has 0 atom stereocenters. The number of hydrogen-bond acceptors (Lipinski definition) is 5. The van der Waals surface area contributed by atoms with Gasteiger partial charge in [0.25, 0.3) is 0 Å². The van der Waals surface area contributed by atoms with Crippen LogP contribution < -0.4 is 10.6 Å². The lowest BCUT2D eigenvalue weighted by molar-refractivity contribution is -0.137. The third-order valence-corrected chi connectivity index (χ3v) is 3.55. The molecule has 0 radical (unpaired) electrons. The molecule has 0 amide bonds. The Morgan fingerprint density at radius 1 is 1.00 bits per heavy atom. The van der Waals surface area contributed by atoms with Crippen molar-refractivity contribution in [2.24, 2.45) is 0 Å². The zero-order chi connectivity index (χ0) is 18.7. The maximum atomic E-state index is 13.6. The third-order valence-electron chi connectivity index (χ3n) is 3.22. The number of anilines is 4. The number of rotatable bonds is 4. The summed E-state index contributed by atoms with van der Waals surface area (Å²) in [6, 6.07) is 9.22. The van der Waals surface area contributed by atoms with Crippen LogP contribution in [0.5, 0.6) is 0 Å². The van der Waals surface area contributed by atoms with Gasteiger partial charge in [-0.3, -0.25) is 0 Å². The van der Waals surface area contributed by atoms with Crippen LogP contribution in [0.25, 0.3) is 0 Å². The molecular formula is C16H10ClF4N5. The number of nitrogens with zero attached hydrogens (tertiary/aromatic N) is 3. The Balaban J connectivity index is 1.82. The fraction of sp³-hybridized carbons (Fsp3) is 0.0625. The van der Waals surface area contributed by atoms with Gasteiger partial charge in [-0.2, -0.15) is 23.3 Å². The summed E-state index contributed by atoms with van der Waals surface area (Å²) in [5.41, 5.74) is -0.729. The SMILES string of the molecule is Fc1ccccc1Nc1nncc(Nc2ccc(Cl)c(C(F)(F)F)c2)n1. The van der Waals surface area contributed by atoms with Crippen LogP contribution >= 0.6 is 11.6 Å². The highest BCUT2D eigenvalue weighted by Gasteiger charge is 2.33. The largest absolute Gasteiger partial charge is 0.417 e. The van der Waals surface area contributed by atoms with Crippen LogP contribution in [0.2, 0.25) is 5.02 Å². The first-order valence-electron chi connectivity index (χ1n) is 7.18. The van der Waals surface area contributed by atoms with Crippen molar-refractivity contribution in [1.82, 2.24) is 15.2 Å². The van der Waals surface area contributed by atoms with E-state index in [1.54, 1.807) is 6.07 Å². The van der Waals surface area contributed by atoms with Gasteiger partial charge in [0, 0.05) is 5.69 Å². The molecule has 0 saturated heterocycles. The minimum absolute atomic E-state index is 0.0230. The van der Waals surface area contributed by atoms with E-state index in [2.05, 4.69) is 25.8 Å². The molecule has 0 aliphatic heterocycles. The van der Waals surface area contributed by atoms with Gasteiger partial charge in [0.05, 0.1) is 22.5 Å². The molecule has 1 aromatic heterocycles. The molecule has 134 valence electrons. The smallest absolute Gasteiger partial charge is 0.339 e. The van der Waals surface area contributed by atoms with E-state index in [1.807, 2.05) is 0 Å². The van der Waals surface area contributed by atoms with Gasteiger partial charge >= 0.3 is 6.18 Å². The Hall–Kier alpha value is -2.94. The van der Waals surface area contributed by atoms with Gasteiger partial charge < -0.3 is 10.6 Å². The average Bonchev–Trinajstić information content (AvgIpc) is 2.58. The third kappa shape index (κ3) is 4.17. The maximum Gasteiger partial charge on any atom is 0.417 e. The highest BCUT2D eigenvalue weighted by molar-refractivity contribution is 6.31. The topological polar surface area (TPSA) is 62.7 Å². The van der Waals surface area contributed by atoms with E-state index in [-0.39, 0.29) is 23.1 Å². The summed E-state index contributed by atoms with van der Waals surface area (Å²) in [6.45, 7) is 0. The van der Waals surface area contributed by atoms with Crippen molar-refractivity contribution in [3.63, 3.8) is 0 Å². The Morgan fingerprint density at radius 3 is 2.50 bits per heavy atom. The molecule has 0 unspecified atom stereocenters. The van der Waals surface area contributed by atoms with Gasteiger partial charge in [-0.25, -0.2) is 4.39 Å². The highest BCUT2D eigenvalue weighted by Crippen LogP contribution is 2.36. The van der Waals surface area contributed by atoms with Gasteiger partial charge in [0.15, 0.2) is 5.82 Å². The molecule has 1 heterocycles. The molecule has 0 aliphatic carbocycles. The van der Waals surface area contributed by atoms with E-state index < -0.39 is 22.6 Å². The molecule has 0 fully saturated rings. The Labute approximate surface area is 150 Å². The standard InChI is InChI=1S/C16H10ClF4N5/c17-11-6-5-9(7-10(11)16(19,20)21)23-14-8-22-26-15(25-14)24-13-4-2-1-3-12(13)18/h1-8H,(H2,23,24,25,26). The van der Waals surface area contributed by atoms with Crippen LogP contribution in [0, 0.1) is 5.82 Å². The fourth-order valence-corrected chi connectivity index (χ4v) is 2.29. The number of para-hydroxylation sites is 1. The van der Waals surface area contributed by atoms with Crippen molar-refractivity contribution in [2.75, 3.05) is 10.6 Å². The molecular weight excluding hydrogens is 374 g/mol. The van der Waals surface area contributed by atoms with Gasteiger partial charge in [-0.05, 0) is 30.3 Å². The molecule has 0 aliphatic rings. The molecule has 0 spiro atoms. The van der Waals surface area contributed by atoms with E-state index >= 15 is 0 Å². The number of halogens is 5. The van der Waals surface area contributed by atoms with Crippen molar-refractivity contribution in [3.8, 4) is 0 Å². The monoisotopic (exact) mass is 383 g/mol. The quantitative estimate of drug-likeness (QED) is 0.608. The van der Waals surface area contributed by atoms with Gasteiger partial charge in [0.2, 0.25) is 5.95 Å². The van der Waals surface area contributed by atoms with Gasteiger partial charge in [-0.1, -0.05) is 23.7 Å². The molecule has 3 aromatic rings. The summed E-state index contributed by atoms with van der Waals surface area (Å²) in [4.78, 5) is 4.04. The number of aromatic nitrogens is 3.